The Labute approximate surface area is 173 Å². The van der Waals surface area contributed by atoms with Gasteiger partial charge in [-0.2, -0.15) is 0 Å². The summed E-state index contributed by atoms with van der Waals surface area (Å²) in [5.74, 6) is -0.311. The summed E-state index contributed by atoms with van der Waals surface area (Å²) in [5.41, 5.74) is 0.354. The van der Waals surface area contributed by atoms with Crippen LogP contribution in [-0.2, 0) is 6.54 Å². The van der Waals surface area contributed by atoms with Gasteiger partial charge in [0.1, 0.15) is 30.3 Å². The number of amides is 1. The van der Waals surface area contributed by atoms with Crippen LogP contribution >= 0.6 is 11.3 Å². The van der Waals surface area contributed by atoms with Crippen LogP contribution in [0.3, 0.4) is 0 Å². The molecule has 5 rings (SSSR count). The predicted molar refractivity (Wildman–Crippen MR) is 106 cm³/mol. The van der Waals surface area contributed by atoms with Crippen molar-refractivity contribution in [2.45, 2.75) is 6.54 Å². The highest BCUT2D eigenvalue weighted by Gasteiger charge is 2.25. The Bertz CT molecular complexity index is 1240. The van der Waals surface area contributed by atoms with Gasteiger partial charge in [0.2, 0.25) is 0 Å². The zero-order valence-corrected chi connectivity index (χ0v) is 16.2. The second kappa shape index (κ2) is 7.42. The Balaban J connectivity index is 1.57. The second-order valence-electron chi connectivity index (χ2n) is 6.56. The zero-order valence-electron chi connectivity index (χ0n) is 15.4. The number of benzene rings is 2. The maximum atomic E-state index is 14.2. The third kappa shape index (κ3) is 3.37. The first-order valence-corrected chi connectivity index (χ1v) is 9.89. The summed E-state index contributed by atoms with van der Waals surface area (Å²) >= 11 is 1.02. The number of carbonyl (C=O) groups excluding carboxylic acids is 1. The number of ether oxygens (including phenoxy) is 2. The zero-order chi connectivity index (χ0) is 20.7. The Kier molecular flexibility index (Phi) is 4.59. The SMILES string of the molecule is O=C(c1ccc2c(c1)OCCO2)N(Cc1ccco1)c1nc2c(F)cc(F)cc2s1. The molecule has 0 saturated heterocycles. The number of hydrogen-bond acceptors (Lipinski definition) is 6. The van der Waals surface area contributed by atoms with Crippen LogP contribution in [0, 0.1) is 11.6 Å². The van der Waals surface area contributed by atoms with Crippen molar-refractivity contribution in [1.29, 1.82) is 0 Å². The van der Waals surface area contributed by atoms with E-state index in [1.165, 1.54) is 17.2 Å². The Morgan fingerprint density at radius 2 is 1.93 bits per heavy atom. The number of anilines is 1. The highest BCUT2D eigenvalue weighted by molar-refractivity contribution is 7.22. The average Bonchev–Trinajstić information content (AvgIpc) is 3.41. The van der Waals surface area contributed by atoms with Gasteiger partial charge < -0.3 is 13.9 Å². The highest BCUT2D eigenvalue weighted by atomic mass is 32.1. The molecule has 2 aromatic heterocycles. The molecular formula is C21H14F2N2O4S. The lowest BCUT2D eigenvalue weighted by molar-refractivity contribution is 0.0982. The molecule has 0 fully saturated rings. The molecule has 30 heavy (non-hydrogen) atoms. The van der Waals surface area contributed by atoms with Crippen LogP contribution in [0.15, 0.2) is 53.1 Å². The van der Waals surface area contributed by atoms with Gasteiger partial charge in [-0.3, -0.25) is 9.69 Å². The standard InChI is InChI=1S/C21H14F2N2O4S/c22-13-9-15(23)19-18(10-13)30-21(24-19)25(11-14-2-1-5-27-14)20(26)12-3-4-16-17(8-12)29-7-6-28-16/h1-5,8-10H,6-7,11H2. The van der Waals surface area contributed by atoms with E-state index in [2.05, 4.69) is 4.98 Å². The van der Waals surface area contributed by atoms with Crippen molar-refractivity contribution in [3.63, 3.8) is 0 Å². The number of fused-ring (bicyclic) bond motifs is 2. The van der Waals surface area contributed by atoms with E-state index in [-0.39, 0.29) is 23.1 Å². The monoisotopic (exact) mass is 428 g/mol. The summed E-state index contributed by atoms with van der Waals surface area (Å²) in [5, 5.41) is 0.228. The number of rotatable bonds is 4. The molecule has 9 heteroatoms. The molecule has 1 aliphatic rings. The lowest BCUT2D eigenvalue weighted by Crippen LogP contribution is -2.30. The second-order valence-corrected chi connectivity index (χ2v) is 7.57. The van der Waals surface area contributed by atoms with Gasteiger partial charge >= 0.3 is 0 Å². The van der Waals surface area contributed by atoms with E-state index in [0.717, 1.165) is 17.4 Å². The van der Waals surface area contributed by atoms with E-state index in [9.17, 15) is 13.6 Å². The molecule has 0 saturated carbocycles. The lowest BCUT2D eigenvalue weighted by atomic mass is 10.1. The summed E-state index contributed by atoms with van der Waals surface area (Å²) in [6, 6.07) is 10.3. The molecule has 1 amide bonds. The molecule has 0 spiro atoms. The van der Waals surface area contributed by atoms with Crippen molar-refractivity contribution in [2.75, 3.05) is 18.1 Å². The average molecular weight is 428 g/mol. The van der Waals surface area contributed by atoms with Crippen molar-refractivity contribution in [2.24, 2.45) is 0 Å². The third-order valence-electron chi connectivity index (χ3n) is 4.56. The van der Waals surface area contributed by atoms with Gasteiger partial charge in [-0.15, -0.1) is 0 Å². The molecule has 2 aromatic carbocycles. The van der Waals surface area contributed by atoms with Crippen molar-refractivity contribution in [1.82, 2.24) is 4.98 Å². The number of nitrogens with zero attached hydrogens (tertiary/aromatic N) is 2. The fraction of sp³-hybridized carbons (Fsp3) is 0.143. The van der Waals surface area contributed by atoms with Crippen LogP contribution in [0.4, 0.5) is 13.9 Å². The number of hydrogen-bond donors (Lipinski definition) is 0. The third-order valence-corrected chi connectivity index (χ3v) is 5.59. The van der Waals surface area contributed by atoms with E-state index in [1.54, 1.807) is 30.3 Å². The number of thiazole rings is 1. The Hall–Kier alpha value is -3.46. The molecule has 0 unspecified atom stereocenters. The van der Waals surface area contributed by atoms with E-state index >= 15 is 0 Å². The Morgan fingerprint density at radius 1 is 1.10 bits per heavy atom. The van der Waals surface area contributed by atoms with Crippen LogP contribution in [0.2, 0.25) is 0 Å². The molecule has 0 atom stereocenters. The molecule has 0 radical (unpaired) electrons. The molecule has 3 heterocycles. The van der Waals surface area contributed by atoms with Crippen LogP contribution in [0.5, 0.6) is 11.5 Å². The Morgan fingerprint density at radius 3 is 2.73 bits per heavy atom. The quantitative estimate of drug-likeness (QED) is 0.468. The van der Waals surface area contributed by atoms with E-state index in [4.69, 9.17) is 13.9 Å². The van der Waals surface area contributed by atoms with E-state index < -0.39 is 11.6 Å². The van der Waals surface area contributed by atoms with Gasteiger partial charge in [0, 0.05) is 11.6 Å². The van der Waals surface area contributed by atoms with Crippen LogP contribution < -0.4 is 14.4 Å². The maximum absolute atomic E-state index is 14.2. The van der Waals surface area contributed by atoms with Gasteiger partial charge in [-0.25, -0.2) is 13.8 Å². The number of aromatic nitrogens is 1. The molecule has 0 N–H and O–H groups in total. The number of halogens is 2. The van der Waals surface area contributed by atoms with Crippen molar-refractivity contribution in [3.8, 4) is 11.5 Å². The largest absolute Gasteiger partial charge is 0.486 e. The van der Waals surface area contributed by atoms with Gasteiger partial charge in [-0.05, 0) is 36.4 Å². The van der Waals surface area contributed by atoms with Gasteiger partial charge in [0.05, 0.1) is 17.5 Å². The topological polar surface area (TPSA) is 64.8 Å². The number of furan rings is 1. The summed E-state index contributed by atoms with van der Waals surface area (Å²) in [6.07, 6.45) is 1.50. The van der Waals surface area contributed by atoms with Crippen molar-refractivity contribution >= 4 is 32.6 Å². The highest BCUT2D eigenvalue weighted by Crippen LogP contribution is 2.35. The maximum Gasteiger partial charge on any atom is 0.260 e. The molecule has 6 nitrogen and oxygen atoms in total. The summed E-state index contributed by atoms with van der Waals surface area (Å²) in [6.45, 7) is 0.909. The molecule has 1 aliphatic heterocycles. The molecule has 0 aliphatic carbocycles. The minimum atomic E-state index is -0.780. The minimum absolute atomic E-state index is 0.0100. The predicted octanol–water partition coefficient (Wildman–Crippen LogP) is 4.79. The lowest BCUT2D eigenvalue weighted by Gasteiger charge is -2.21. The van der Waals surface area contributed by atoms with Crippen LogP contribution in [0.1, 0.15) is 16.1 Å². The normalized spacial score (nSPS) is 12.9. The molecular weight excluding hydrogens is 414 g/mol. The van der Waals surface area contributed by atoms with Crippen LogP contribution in [0.25, 0.3) is 10.2 Å². The fourth-order valence-electron chi connectivity index (χ4n) is 3.18. The van der Waals surface area contributed by atoms with Gasteiger partial charge in [0.25, 0.3) is 5.91 Å². The fourth-order valence-corrected chi connectivity index (χ4v) is 4.18. The van der Waals surface area contributed by atoms with Gasteiger partial charge in [0.15, 0.2) is 22.4 Å². The smallest absolute Gasteiger partial charge is 0.260 e. The first-order chi connectivity index (χ1) is 14.6. The first-order valence-electron chi connectivity index (χ1n) is 9.08. The van der Waals surface area contributed by atoms with Crippen LogP contribution in [-0.4, -0.2) is 24.1 Å². The number of carbonyl (C=O) groups is 1. The van der Waals surface area contributed by atoms with Crippen molar-refractivity contribution in [3.05, 3.63) is 71.7 Å². The van der Waals surface area contributed by atoms with Gasteiger partial charge in [-0.1, -0.05) is 11.3 Å². The summed E-state index contributed by atoms with van der Waals surface area (Å²) in [7, 11) is 0. The van der Waals surface area contributed by atoms with Crippen molar-refractivity contribution < 1.29 is 27.5 Å². The molecule has 4 aromatic rings. The first kappa shape index (κ1) is 18.6. The molecule has 0 bridgehead atoms. The summed E-state index contributed by atoms with van der Waals surface area (Å²) in [4.78, 5) is 19.0. The molecule has 152 valence electrons. The van der Waals surface area contributed by atoms with E-state index in [0.29, 0.717) is 40.7 Å². The minimum Gasteiger partial charge on any atom is -0.486 e. The van der Waals surface area contributed by atoms with E-state index in [1.807, 2.05) is 0 Å². The summed E-state index contributed by atoms with van der Waals surface area (Å²) < 4.78 is 44.5.